The minimum absolute atomic E-state index is 0.127. The van der Waals surface area contributed by atoms with Gasteiger partial charge in [-0.2, -0.15) is 0 Å². The zero-order chi connectivity index (χ0) is 23.8. The predicted octanol–water partition coefficient (Wildman–Crippen LogP) is 4.89. The van der Waals surface area contributed by atoms with Gasteiger partial charge in [-0.3, -0.25) is 9.10 Å². The summed E-state index contributed by atoms with van der Waals surface area (Å²) in [5.74, 6) is -0.364. The first-order valence-electron chi connectivity index (χ1n) is 11.0. The number of carbonyl (C=O) groups excluding carboxylic acids is 1. The smallest absolute Gasteiger partial charge is 0.264 e. The number of rotatable bonds is 10. The first kappa shape index (κ1) is 24.5. The third-order valence-electron chi connectivity index (χ3n) is 5.34. The fraction of sp³-hybridized carbons (Fsp3) is 0.269. The average Bonchev–Trinajstić information content (AvgIpc) is 2.82. The second kappa shape index (κ2) is 11.1. The van der Waals surface area contributed by atoms with Crippen LogP contribution >= 0.6 is 0 Å². The third kappa shape index (κ3) is 6.65. The van der Waals surface area contributed by atoms with Gasteiger partial charge in [0, 0.05) is 6.54 Å². The van der Waals surface area contributed by atoms with Gasteiger partial charge >= 0.3 is 0 Å². The van der Waals surface area contributed by atoms with E-state index in [4.69, 9.17) is 0 Å². The monoisotopic (exact) mass is 468 g/mol. The molecule has 0 aliphatic rings. The highest BCUT2D eigenvalue weighted by Gasteiger charge is 2.27. The summed E-state index contributed by atoms with van der Waals surface area (Å²) in [6.07, 6.45) is 1.34. The van der Waals surface area contributed by atoms with Crippen molar-refractivity contribution in [3.05, 3.63) is 95.8 Å². The van der Waals surface area contributed by atoms with Crippen LogP contribution in [0.15, 0.2) is 83.8 Å². The van der Waals surface area contributed by atoms with Gasteiger partial charge in [0.25, 0.3) is 10.0 Å². The predicted molar refractivity (Wildman–Crippen MR) is 129 cm³/mol. The van der Waals surface area contributed by atoms with Crippen LogP contribution in [0.3, 0.4) is 0 Å². The maximum Gasteiger partial charge on any atom is 0.264 e. The molecule has 0 aliphatic heterocycles. The Morgan fingerprint density at radius 1 is 0.939 bits per heavy atom. The summed E-state index contributed by atoms with van der Waals surface area (Å²) in [4.78, 5) is 12.8. The highest BCUT2D eigenvalue weighted by atomic mass is 32.2. The number of nitrogens with zero attached hydrogens (tertiary/aromatic N) is 1. The van der Waals surface area contributed by atoms with Crippen molar-refractivity contribution in [1.29, 1.82) is 0 Å². The Morgan fingerprint density at radius 2 is 1.58 bits per heavy atom. The number of benzene rings is 3. The summed E-state index contributed by atoms with van der Waals surface area (Å²) in [5.41, 5.74) is 2.50. The summed E-state index contributed by atoms with van der Waals surface area (Å²) in [6.45, 7) is 4.19. The van der Waals surface area contributed by atoms with Gasteiger partial charge in [0.15, 0.2) is 0 Å². The lowest BCUT2D eigenvalue weighted by atomic mass is 10.0. The maximum absolute atomic E-state index is 13.3. The van der Waals surface area contributed by atoms with Gasteiger partial charge in [-0.25, -0.2) is 12.8 Å². The van der Waals surface area contributed by atoms with Gasteiger partial charge in [-0.1, -0.05) is 56.3 Å². The molecule has 0 unspecified atom stereocenters. The molecule has 0 heterocycles. The van der Waals surface area contributed by atoms with Gasteiger partial charge in [0.05, 0.1) is 10.6 Å². The number of hydrogen-bond acceptors (Lipinski definition) is 3. The molecule has 0 fully saturated rings. The van der Waals surface area contributed by atoms with E-state index < -0.39 is 10.0 Å². The van der Waals surface area contributed by atoms with Crippen molar-refractivity contribution in [3.63, 3.8) is 0 Å². The van der Waals surface area contributed by atoms with E-state index in [1.807, 2.05) is 12.1 Å². The largest absolute Gasteiger partial charge is 0.355 e. The molecule has 0 bridgehead atoms. The molecule has 0 radical (unpaired) electrons. The van der Waals surface area contributed by atoms with E-state index in [0.29, 0.717) is 31.0 Å². The topological polar surface area (TPSA) is 66.5 Å². The zero-order valence-corrected chi connectivity index (χ0v) is 19.7. The molecular weight excluding hydrogens is 439 g/mol. The number of halogens is 1. The number of anilines is 1. The van der Waals surface area contributed by atoms with E-state index >= 15 is 0 Å². The molecule has 3 aromatic rings. The number of nitrogens with one attached hydrogen (secondary N) is 1. The number of sulfonamides is 1. The number of aryl methyl sites for hydroxylation is 1. The van der Waals surface area contributed by atoms with E-state index in [2.05, 4.69) is 19.2 Å². The molecule has 0 spiro atoms. The summed E-state index contributed by atoms with van der Waals surface area (Å²) in [5, 5.41) is 2.80. The fourth-order valence-corrected chi connectivity index (χ4v) is 4.86. The van der Waals surface area contributed by atoms with Gasteiger partial charge < -0.3 is 5.32 Å². The highest BCUT2D eigenvalue weighted by molar-refractivity contribution is 7.92. The molecule has 0 saturated carbocycles. The van der Waals surface area contributed by atoms with Gasteiger partial charge in [0.2, 0.25) is 5.91 Å². The summed E-state index contributed by atoms with van der Waals surface area (Å²) in [6, 6.07) is 21.6. The molecule has 0 aromatic heterocycles. The van der Waals surface area contributed by atoms with Crippen LogP contribution in [0.4, 0.5) is 10.1 Å². The quantitative estimate of drug-likeness (QED) is 0.431. The van der Waals surface area contributed by atoms with Gasteiger partial charge in [0.1, 0.15) is 12.4 Å². The first-order valence-corrected chi connectivity index (χ1v) is 12.4. The van der Waals surface area contributed by atoms with Crippen LogP contribution in [0, 0.1) is 5.82 Å². The highest BCUT2D eigenvalue weighted by Crippen LogP contribution is 2.25. The Labute approximate surface area is 195 Å². The van der Waals surface area contributed by atoms with E-state index in [-0.39, 0.29) is 23.2 Å². The lowest BCUT2D eigenvalue weighted by Gasteiger charge is -2.24. The molecule has 7 heteroatoms. The van der Waals surface area contributed by atoms with Crippen LogP contribution in [-0.2, 0) is 21.2 Å². The Balaban J connectivity index is 1.71. The molecule has 33 heavy (non-hydrogen) atoms. The standard InChI is InChI=1S/C26H29FN2O3S/c1-20(2)22-12-16-24(17-13-22)29(33(31,32)25-8-4-3-5-9-25)19-26(30)28-18-6-7-21-10-14-23(27)15-11-21/h3-5,8-17,20H,6-7,18-19H2,1-2H3,(H,28,30). The third-order valence-corrected chi connectivity index (χ3v) is 7.13. The lowest BCUT2D eigenvalue weighted by molar-refractivity contribution is -0.119. The molecule has 174 valence electrons. The van der Waals surface area contributed by atoms with E-state index in [1.165, 1.54) is 24.3 Å². The molecule has 1 amide bonds. The summed E-state index contributed by atoms with van der Waals surface area (Å²) in [7, 11) is -3.92. The Hall–Kier alpha value is -3.19. The van der Waals surface area contributed by atoms with Crippen LogP contribution < -0.4 is 9.62 Å². The Kier molecular flexibility index (Phi) is 8.22. The van der Waals surface area contributed by atoms with Crippen LogP contribution in [0.2, 0.25) is 0 Å². The molecular formula is C26H29FN2O3S. The Morgan fingerprint density at radius 3 is 2.18 bits per heavy atom. The number of amides is 1. The number of carbonyl (C=O) groups is 1. The van der Waals surface area contributed by atoms with Gasteiger partial charge in [-0.15, -0.1) is 0 Å². The van der Waals surface area contributed by atoms with Crippen molar-refractivity contribution in [2.75, 3.05) is 17.4 Å². The maximum atomic E-state index is 13.3. The van der Waals surface area contributed by atoms with Crippen molar-refractivity contribution >= 4 is 21.6 Å². The van der Waals surface area contributed by atoms with Crippen LogP contribution in [-0.4, -0.2) is 27.4 Å². The minimum atomic E-state index is -3.92. The van der Waals surface area contributed by atoms with Crippen molar-refractivity contribution in [2.24, 2.45) is 0 Å². The van der Waals surface area contributed by atoms with E-state index in [1.54, 1.807) is 42.5 Å². The molecule has 3 aromatic carbocycles. The second-order valence-electron chi connectivity index (χ2n) is 8.15. The molecule has 0 saturated heterocycles. The van der Waals surface area contributed by atoms with Crippen molar-refractivity contribution < 1.29 is 17.6 Å². The molecule has 1 N–H and O–H groups in total. The summed E-state index contributed by atoms with van der Waals surface area (Å²) >= 11 is 0. The van der Waals surface area contributed by atoms with Crippen LogP contribution in [0.1, 0.15) is 37.3 Å². The zero-order valence-electron chi connectivity index (χ0n) is 18.9. The molecule has 0 atom stereocenters. The first-order chi connectivity index (χ1) is 15.8. The van der Waals surface area contributed by atoms with Crippen molar-refractivity contribution in [2.45, 2.75) is 37.5 Å². The van der Waals surface area contributed by atoms with Gasteiger partial charge in [-0.05, 0) is 66.3 Å². The molecule has 0 aliphatic carbocycles. The van der Waals surface area contributed by atoms with Crippen molar-refractivity contribution in [1.82, 2.24) is 5.32 Å². The molecule has 3 rings (SSSR count). The Bertz CT molecular complexity index is 1150. The van der Waals surface area contributed by atoms with Crippen LogP contribution in [0.25, 0.3) is 0 Å². The van der Waals surface area contributed by atoms with E-state index in [9.17, 15) is 17.6 Å². The average molecular weight is 469 g/mol. The van der Waals surface area contributed by atoms with Crippen molar-refractivity contribution in [3.8, 4) is 0 Å². The number of hydrogen-bond donors (Lipinski definition) is 1. The molecule has 5 nitrogen and oxygen atoms in total. The fourth-order valence-electron chi connectivity index (χ4n) is 3.42. The lowest BCUT2D eigenvalue weighted by Crippen LogP contribution is -2.41. The van der Waals surface area contributed by atoms with Crippen LogP contribution in [0.5, 0.6) is 0 Å². The SMILES string of the molecule is CC(C)c1ccc(N(CC(=O)NCCCc2ccc(F)cc2)S(=O)(=O)c2ccccc2)cc1. The normalized spacial score (nSPS) is 11.4. The minimum Gasteiger partial charge on any atom is -0.355 e. The summed E-state index contributed by atoms with van der Waals surface area (Å²) < 4.78 is 40.8. The van der Waals surface area contributed by atoms with E-state index in [0.717, 1.165) is 15.4 Å². The second-order valence-corrected chi connectivity index (χ2v) is 10.0.